The standard InChI is InChI=1S/C18H15N5O2S/c1-12-4-2-6-15(8-12)23-26(24,25)18-16-9-14(11-20-17(16)21-22-18)13-5-3-7-19-10-13/h2-11,23H,1H3,(H,20,21,22). The molecule has 0 unspecified atom stereocenters. The molecule has 26 heavy (non-hydrogen) atoms. The summed E-state index contributed by atoms with van der Waals surface area (Å²) in [4.78, 5) is 8.33. The van der Waals surface area contributed by atoms with Gasteiger partial charge in [0.15, 0.2) is 10.7 Å². The SMILES string of the molecule is Cc1cccc(NS(=O)(=O)c2[nH]nc3ncc(-c4cccnc4)cc23)c1. The van der Waals surface area contributed by atoms with Crippen LogP contribution in [0.3, 0.4) is 0 Å². The average molecular weight is 365 g/mol. The van der Waals surface area contributed by atoms with Gasteiger partial charge in [-0.05, 0) is 36.8 Å². The van der Waals surface area contributed by atoms with Gasteiger partial charge in [0.05, 0.1) is 5.39 Å². The molecule has 3 heterocycles. The molecule has 0 saturated carbocycles. The first-order valence-corrected chi connectivity index (χ1v) is 9.35. The molecule has 0 aliphatic heterocycles. The molecule has 0 aliphatic carbocycles. The van der Waals surface area contributed by atoms with Crippen molar-refractivity contribution in [1.82, 2.24) is 20.2 Å². The third kappa shape index (κ3) is 3.02. The number of aromatic nitrogens is 4. The van der Waals surface area contributed by atoms with Gasteiger partial charge < -0.3 is 0 Å². The molecule has 0 amide bonds. The van der Waals surface area contributed by atoms with Gasteiger partial charge >= 0.3 is 0 Å². The molecule has 0 aliphatic rings. The van der Waals surface area contributed by atoms with E-state index >= 15 is 0 Å². The maximum atomic E-state index is 12.8. The molecule has 1 aromatic carbocycles. The van der Waals surface area contributed by atoms with Crippen LogP contribution >= 0.6 is 0 Å². The van der Waals surface area contributed by atoms with Crippen LogP contribution in [0.2, 0.25) is 0 Å². The molecular formula is C18H15N5O2S. The van der Waals surface area contributed by atoms with Gasteiger partial charge in [0.2, 0.25) is 0 Å². The minimum absolute atomic E-state index is 0.0211. The van der Waals surface area contributed by atoms with E-state index in [1.807, 2.05) is 25.1 Å². The largest absolute Gasteiger partial charge is 0.279 e. The van der Waals surface area contributed by atoms with Crippen LogP contribution in [0.25, 0.3) is 22.2 Å². The van der Waals surface area contributed by atoms with Gasteiger partial charge in [-0.25, -0.2) is 4.98 Å². The Morgan fingerprint density at radius 1 is 1.04 bits per heavy atom. The number of anilines is 1. The lowest BCUT2D eigenvalue weighted by molar-refractivity contribution is 0.598. The van der Waals surface area contributed by atoms with Crippen molar-refractivity contribution in [3.8, 4) is 11.1 Å². The molecule has 3 aromatic heterocycles. The summed E-state index contributed by atoms with van der Waals surface area (Å²) in [5, 5.41) is 7.00. The Kier molecular flexibility index (Phi) is 3.89. The summed E-state index contributed by atoms with van der Waals surface area (Å²) in [7, 11) is -3.84. The molecule has 0 spiro atoms. The van der Waals surface area contributed by atoms with Crippen LogP contribution in [-0.2, 0) is 10.0 Å². The van der Waals surface area contributed by atoms with Crippen molar-refractivity contribution in [2.45, 2.75) is 11.9 Å². The number of aromatic amines is 1. The second-order valence-electron chi connectivity index (χ2n) is 5.86. The van der Waals surface area contributed by atoms with Gasteiger partial charge in [-0.3, -0.25) is 14.8 Å². The lowest BCUT2D eigenvalue weighted by Gasteiger charge is -2.07. The van der Waals surface area contributed by atoms with Gasteiger partial charge in [-0.1, -0.05) is 18.2 Å². The lowest BCUT2D eigenvalue weighted by Crippen LogP contribution is -2.13. The van der Waals surface area contributed by atoms with E-state index in [4.69, 9.17) is 0 Å². The molecule has 2 N–H and O–H groups in total. The van der Waals surface area contributed by atoms with Crippen LogP contribution in [0.15, 0.2) is 66.1 Å². The molecule has 0 saturated heterocycles. The van der Waals surface area contributed by atoms with Crippen LogP contribution in [-0.4, -0.2) is 28.6 Å². The van der Waals surface area contributed by atoms with Gasteiger partial charge in [0, 0.05) is 35.4 Å². The van der Waals surface area contributed by atoms with E-state index in [0.717, 1.165) is 16.7 Å². The van der Waals surface area contributed by atoms with E-state index in [2.05, 4.69) is 24.9 Å². The van der Waals surface area contributed by atoms with Crippen LogP contribution in [0.4, 0.5) is 5.69 Å². The summed E-state index contributed by atoms with van der Waals surface area (Å²) >= 11 is 0. The van der Waals surface area contributed by atoms with E-state index in [-0.39, 0.29) is 5.03 Å². The van der Waals surface area contributed by atoms with Crippen molar-refractivity contribution in [2.75, 3.05) is 4.72 Å². The predicted molar refractivity (Wildman–Crippen MR) is 99.1 cm³/mol. The number of rotatable bonds is 4. The van der Waals surface area contributed by atoms with E-state index < -0.39 is 10.0 Å². The number of aryl methyl sites for hydroxylation is 1. The Hall–Kier alpha value is -3.26. The fourth-order valence-electron chi connectivity index (χ4n) is 2.69. The Labute approximate surface area is 150 Å². The van der Waals surface area contributed by atoms with Crippen LogP contribution in [0, 0.1) is 6.92 Å². The topological polar surface area (TPSA) is 101 Å². The first kappa shape index (κ1) is 16.2. The Morgan fingerprint density at radius 3 is 2.69 bits per heavy atom. The highest BCUT2D eigenvalue weighted by Gasteiger charge is 2.21. The van der Waals surface area contributed by atoms with E-state index in [1.54, 1.807) is 42.9 Å². The summed E-state index contributed by atoms with van der Waals surface area (Å²) < 4.78 is 28.2. The highest BCUT2D eigenvalue weighted by atomic mass is 32.2. The second kappa shape index (κ2) is 6.23. The highest BCUT2D eigenvalue weighted by molar-refractivity contribution is 7.92. The molecule has 8 heteroatoms. The van der Waals surface area contributed by atoms with Gasteiger partial charge in [0.25, 0.3) is 10.0 Å². The predicted octanol–water partition coefficient (Wildman–Crippen LogP) is 3.13. The zero-order valence-electron chi connectivity index (χ0n) is 13.8. The number of H-pyrrole nitrogens is 1. The zero-order chi connectivity index (χ0) is 18.1. The minimum Gasteiger partial charge on any atom is -0.278 e. The Balaban J connectivity index is 1.78. The quantitative estimate of drug-likeness (QED) is 0.579. The van der Waals surface area contributed by atoms with Gasteiger partial charge in [-0.15, -0.1) is 0 Å². The van der Waals surface area contributed by atoms with Crippen molar-refractivity contribution >= 4 is 26.7 Å². The highest BCUT2D eigenvalue weighted by Crippen LogP contribution is 2.26. The van der Waals surface area contributed by atoms with Crippen molar-refractivity contribution in [3.05, 3.63) is 66.6 Å². The van der Waals surface area contributed by atoms with Crippen molar-refractivity contribution in [2.24, 2.45) is 0 Å². The van der Waals surface area contributed by atoms with Gasteiger partial charge in [0.1, 0.15) is 0 Å². The number of sulfonamides is 1. The van der Waals surface area contributed by atoms with E-state index in [1.165, 1.54) is 0 Å². The molecule has 0 bridgehead atoms. The third-order valence-electron chi connectivity index (χ3n) is 3.91. The monoisotopic (exact) mass is 365 g/mol. The number of fused-ring (bicyclic) bond motifs is 1. The van der Waals surface area contributed by atoms with Crippen LogP contribution in [0.1, 0.15) is 5.56 Å². The van der Waals surface area contributed by atoms with Crippen molar-refractivity contribution in [3.63, 3.8) is 0 Å². The zero-order valence-corrected chi connectivity index (χ0v) is 14.7. The average Bonchev–Trinajstić information content (AvgIpc) is 3.06. The fraction of sp³-hybridized carbons (Fsp3) is 0.0556. The minimum atomic E-state index is -3.84. The molecule has 0 atom stereocenters. The van der Waals surface area contributed by atoms with Crippen LogP contribution in [0.5, 0.6) is 0 Å². The smallest absolute Gasteiger partial charge is 0.278 e. The molecule has 4 aromatic rings. The normalized spacial score (nSPS) is 11.6. The Bertz CT molecular complexity index is 1190. The molecule has 7 nitrogen and oxygen atoms in total. The summed E-state index contributed by atoms with van der Waals surface area (Å²) in [5.74, 6) is 0. The third-order valence-corrected chi connectivity index (χ3v) is 5.26. The van der Waals surface area contributed by atoms with E-state index in [0.29, 0.717) is 16.7 Å². The lowest BCUT2D eigenvalue weighted by atomic mass is 10.1. The van der Waals surface area contributed by atoms with Crippen molar-refractivity contribution in [1.29, 1.82) is 0 Å². The van der Waals surface area contributed by atoms with Gasteiger partial charge in [-0.2, -0.15) is 13.5 Å². The fourth-order valence-corrected chi connectivity index (χ4v) is 3.83. The number of nitrogens with one attached hydrogen (secondary N) is 2. The molecule has 130 valence electrons. The number of hydrogen-bond donors (Lipinski definition) is 2. The number of benzene rings is 1. The maximum Gasteiger partial charge on any atom is 0.279 e. The Morgan fingerprint density at radius 2 is 1.92 bits per heavy atom. The van der Waals surface area contributed by atoms with E-state index in [9.17, 15) is 8.42 Å². The number of hydrogen-bond acceptors (Lipinski definition) is 5. The molecular weight excluding hydrogens is 350 g/mol. The first-order chi connectivity index (χ1) is 12.5. The maximum absolute atomic E-state index is 12.8. The second-order valence-corrected chi connectivity index (χ2v) is 7.48. The van der Waals surface area contributed by atoms with Crippen LogP contribution < -0.4 is 4.72 Å². The molecule has 0 radical (unpaired) electrons. The molecule has 0 fully saturated rings. The summed E-state index contributed by atoms with van der Waals surface area (Å²) in [6, 6.07) is 12.6. The first-order valence-electron chi connectivity index (χ1n) is 7.87. The summed E-state index contributed by atoms with van der Waals surface area (Å²) in [6.45, 7) is 1.90. The van der Waals surface area contributed by atoms with Crippen molar-refractivity contribution < 1.29 is 8.42 Å². The number of nitrogens with zero attached hydrogens (tertiary/aromatic N) is 3. The summed E-state index contributed by atoms with van der Waals surface area (Å²) in [5.41, 5.74) is 3.39. The number of pyridine rings is 2. The summed E-state index contributed by atoms with van der Waals surface area (Å²) in [6.07, 6.45) is 5.02. The molecule has 4 rings (SSSR count).